The summed E-state index contributed by atoms with van der Waals surface area (Å²) in [4.78, 5) is 12.1. The van der Waals surface area contributed by atoms with Gasteiger partial charge in [0.05, 0.1) is 6.07 Å². The number of nitrogens with zero attached hydrogens (tertiary/aromatic N) is 1. The van der Waals surface area contributed by atoms with E-state index in [-0.39, 0.29) is 5.91 Å². The Hall–Kier alpha value is -1.04. The van der Waals surface area contributed by atoms with Crippen molar-refractivity contribution < 1.29 is 4.79 Å². The number of rotatable bonds is 4. The van der Waals surface area contributed by atoms with Gasteiger partial charge < -0.3 is 5.32 Å². The SMILES string of the molecule is CCCC1CC1NC(=O)C1(C#N)CCCC1. The monoisotopic (exact) mass is 220 g/mol. The molecular weight excluding hydrogens is 200 g/mol. The van der Waals surface area contributed by atoms with E-state index >= 15 is 0 Å². The number of carbonyl (C=O) groups excluding carboxylic acids is 1. The van der Waals surface area contributed by atoms with Crippen LogP contribution < -0.4 is 5.32 Å². The lowest BCUT2D eigenvalue weighted by Gasteiger charge is -2.19. The van der Waals surface area contributed by atoms with Gasteiger partial charge in [-0.05, 0) is 31.6 Å². The molecule has 16 heavy (non-hydrogen) atoms. The molecule has 2 atom stereocenters. The standard InChI is InChI=1S/C13H20N2O/c1-2-5-10-8-11(10)15-12(16)13(9-14)6-3-4-7-13/h10-11H,2-8H2,1H3,(H,15,16). The van der Waals surface area contributed by atoms with Crippen LogP contribution in [0.25, 0.3) is 0 Å². The molecule has 1 N–H and O–H groups in total. The van der Waals surface area contributed by atoms with E-state index in [0.717, 1.165) is 32.1 Å². The van der Waals surface area contributed by atoms with Gasteiger partial charge in [0.15, 0.2) is 0 Å². The first-order valence-corrected chi connectivity index (χ1v) is 6.44. The third kappa shape index (κ3) is 2.07. The Kier molecular flexibility index (Phi) is 3.18. The van der Waals surface area contributed by atoms with Crippen LogP contribution in [0.1, 0.15) is 51.9 Å². The highest BCUT2D eigenvalue weighted by Gasteiger charge is 2.45. The number of amides is 1. The van der Waals surface area contributed by atoms with E-state index in [2.05, 4.69) is 18.3 Å². The van der Waals surface area contributed by atoms with E-state index in [9.17, 15) is 10.1 Å². The molecule has 2 aliphatic carbocycles. The van der Waals surface area contributed by atoms with Crippen LogP contribution in [0.4, 0.5) is 0 Å². The summed E-state index contributed by atoms with van der Waals surface area (Å²) < 4.78 is 0. The highest BCUT2D eigenvalue weighted by molar-refractivity contribution is 5.86. The fourth-order valence-electron chi connectivity index (χ4n) is 2.79. The van der Waals surface area contributed by atoms with Crippen LogP contribution in [0.2, 0.25) is 0 Å². The van der Waals surface area contributed by atoms with E-state index in [0.29, 0.717) is 12.0 Å². The molecule has 0 aliphatic heterocycles. The first-order chi connectivity index (χ1) is 7.72. The van der Waals surface area contributed by atoms with Crippen molar-refractivity contribution in [2.45, 2.75) is 57.9 Å². The molecular formula is C13H20N2O. The van der Waals surface area contributed by atoms with Gasteiger partial charge in [-0.25, -0.2) is 0 Å². The van der Waals surface area contributed by atoms with Crippen molar-refractivity contribution in [1.29, 1.82) is 5.26 Å². The van der Waals surface area contributed by atoms with Crippen molar-refractivity contribution in [2.24, 2.45) is 11.3 Å². The zero-order valence-corrected chi connectivity index (χ0v) is 9.96. The van der Waals surface area contributed by atoms with Gasteiger partial charge in [0.1, 0.15) is 5.41 Å². The number of hydrogen-bond acceptors (Lipinski definition) is 2. The number of hydrogen-bond donors (Lipinski definition) is 1. The van der Waals surface area contributed by atoms with Gasteiger partial charge >= 0.3 is 0 Å². The van der Waals surface area contributed by atoms with Crippen LogP contribution in [-0.4, -0.2) is 11.9 Å². The van der Waals surface area contributed by atoms with Crippen molar-refractivity contribution in [1.82, 2.24) is 5.32 Å². The molecule has 0 aromatic carbocycles. The van der Waals surface area contributed by atoms with Gasteiger partial charge in [-0.3, -0.25) is 4.79 Å². The van der Waals surface area contributed by atoms with Gasteiger partial charge in [0, 0.05) is 6.04 Å². The molecule has 2 fully saturated rings. The van der Waals surface area contributed by atoms with Gasteiger partial charge in [-0.15, -0.1) is 0 Å². The quantitative estimate of drug-likeness (QED) is 0.790. The van der Waals surface area contributed by atoms with Crippen LogP contribution >= 0.6 is 0 Å². The second kappa shape index (κ2) is 4.45. The van der Waals surface area contributed by atoms with E-state index < -0.39 is 5.41 Å². The van der Waals surface area contributed by atoms with Crippen molar-refractivity contribution in [3.05, 3.63) is 0 Å². The normalized spacial score (nSPS) is 30.8. The third-order valence-corrected chi connectivity index (χ3v) is 4.00. The Morgan fingerprint density at radius 3 is 2.75 bits per heavy atom. The lowest BCUT2D eigenvalue weighted by atomic mass is 9.87. The molecule has 0 aromatic rings. The van der Waals surface area contributed by atoms with E-state index in [4.69, 9.17) is 0 Å². The topological polar surface area (TPSA) is 52.9 Å². The summed E-state index contributed by atoms with van der Waals surface area (Å²) in [6.45, 7) is 2.17. The average molecular weight is 220 g/mol. The minimum atomic E-state index is -0.695. The molecule has 0 radical (unpaired) electrons. The second-order valence-corrected chi connectivity index (χ2v) is 5.27. The molecule has 2 unspecified atom stereocenters. The number of nitriles is 1. The second-order valence-electron chi connectivity index (χ2n) is 5.27. The smallest absolute Gasteiger partial charge is 0.240 e. The summed E-state index contributed by atoms with van der Waals surface area (Å²) in [6, 6.07) is 2.60. The molecule has 3 heteroatoms. The molecule has 88 valence electrons. The van der Waals surface area contributed by atoms with E-state index in [1.54, 1.807) is 0 Å². The summed E-state index contributed by atoms with van der Waals surface area (Å²) in [5, 5.41) is 12.2. The van der Waals surface area contributed by atoms with Crippen LogP contribution in [0.15, 0.2) is 0 Å². The Bertz CT molecular complexity index is 312. The lowest BCUT2D eigenvalue weighted by Crippen LogP contribution is -2.39. The highest BCUT2D eigenvalue weighted by atomic mass is 16.2. The maximum Gasteiger partial charge on any atom is 0.240 e. The van der Waals surface area contributed by atoms with Gasteiger partial charge in [0.25, 0.3) is 0 Å². The van der Waals surface area contributed by atoms with Crippen LogP contribution in [0.3, 0.4) is 0 Å². The summed E-state index contributed by atoms with van der Waals surface area (Å²) in [6.07, 6.45) is 7.03. The first-order valence-electron chi connectivity index (χ1n) is 6.44. The summed E-state index contributed by atoms with van der Waals surface area (Å²) in [5.41, 5.74) is -0.695. The van der Waals surface area contributed by atoms with Crippen LogP contribution in [-0.2, 0) is 4.79 Å². The predicted molar refractivity (Wildman–Crippen MR) is 61.5 cm³/mol. The number of nitrogens with one attached hydrogen (secondary N) is 1. The zero-order chi connectivity index (χ0) is 11.6. The Morgan fingerprint density at radius 1 is 1.50 bits per heavy atom. The van der Waals surface area contributed by atoms with Crippen LogP contribution in [0.5, 0.6) is 0 Å². The fraction of sp³-hybridized carbons (Fsp3) is 0.846. The van der Waals surface area contributed by atoms with Crippen molar-refractivity contribution in [3.63, 3.8) is 0 Å². The molecule has 2 rings (SSSR count). The molecule has 0 spiro atoms. The average Bonchev–Trinajstić information content (AvgIpc) is 2.84. The van der Waals surface area contributed by atoms with Gasteiger partial charge in [-0.2, -0.15) is 5.26 Å². The van der Waals surface area contributed by atoms with Gasteiger partial charge in [0.2, 0.25) is 5.91 Å². The third-order valence-electron chi connectivity index (χ3n) is 4.00. The minimum Gasteiger partial charge on any atom is -0.352 e. The van der Waals surface area contributed by atoms with Crippen molar-refractivity contribution >= 4 is 5.91 Å². The summed E-state index contributed by atoms with van der Waals surface area (Å²) in [7, 11) is 0. The Morgan fingerprint density at radius 2 is 2.19 bits per heavy atom. The first kappa shape index (κ1) is 11.4. The van der Waals surface area contributed by atoms with E-state index in [1.807, 2.05) is 0 Å². The van der Waals surface area contributed by atoms with Crippen molar-refractivity contribution in [3.8, 4) is 6.07 Å². The lowest BCUT2D eigenvalue weighted by molar-refractivity contribution is -0.128. The molecule has 0 bridgehead atoms. The summed E-state index contributed by atoms with van der Waals surface area (Å²) in [5.74, 6) is 0.669. The molecule has 2 aliphatic rings. The molecule has 3 nitrogen and oxygen atoms in total. The predicted octanol–water partition coefficient (Wildman–Crippen LogP) is 2.38. The molecule has 0 aromatic heterocycles. The minimum absolute atomic E-state index is 0.00361. The van der Waals surface area contributed by atoms with E-state index in [1.165, 1.54) is 12.8 Å². The largest absolute Gasteiger partial charge is 0.352 e. The molecule has 1 amide bonds. The molecule has 0 heterocycles. The Balaban J connectivity index is 1.87. The molecule has 0 saturated heterocycles. The van der Waals surface area contributed by atoms with Crippen molar-refractivity contribution in [2.75, 3.05) is 0 Å². The van der Waals surface area contributed by atoms with Crippen LogP contribution in [0, 0.1) is 22.7 Å². The maximum atomic E-state index is 12.1. The highest BCUT2D eigenvalue weighted by Crippen LogP contribution is 2.40. The Labute approximate surface area is 97.2 Å². The maximum absolute atomic E-state index is 12.1. The number of carbonyl (C=O) groups is 1. The molecule has 2 saturated carbocycles. The zero-order valence-electron chi connectivity index (χ0n) is 9.96. The van der Waals surface area contributed by atoms with Gasteiger partial charge in [-0.1, -0.05) is 26.2 Å². The fourth-order valence-corrected chi connectivity index (χ4v) is 2.79. The summed E-state index contributed by atoms with van der Waals surface area (Å²) >= 11 is 0.